The van der Waals surface area contributed by atoms with Crippen LogP contribution >= 0.6 is 23.2 Å². The molecule has 2 amide bonds. The standard InChI is InChI=1S/C31H31Cl2N7O5S/c1-31(15-20-5-7-21(8-6-20)22-16-34-19-35-17-22)29(42)39(25-13-23(32)12-24(33)14-25)30-37-18-27(40(30)31)46(43,44)38-10-3-4-26(38)28(41)36-9-11-45-2/h5-8,12-14,16-19,26H,3-4,9-11,15H2,1-2H3,(H,36,41). The second kappa shape index (κ2) is 12.7. The number of anilines is 2. The summed E-state index contributed by atoms with van der Waals surface area (Å²) in [6.07, 6.45) is 7.11. The number of carbonyl (C=O) groups excluding carboxylic acids is 2. The molecule has 2 aromatic carbocycles. The number of hydrogen-bond donors (Lipinski definition) is 1. The second-order valence-corrected chi connectivity index (χ2v) is 14.0. The van der Waals surface area contributed by atoms with Crippen LogP contribution in [0.3, 0.4) is 0 Å². The van der Waals surface area contributed by atoms with E-state index in [1.807, 2.05) is 24.3 Å². The fourth-order valence-electron chi connectivity index (χ4n) is 6.08. The number of hydrogen-bond acceptors (Lipinski definition) is 8. The number of rotatable bonds is 10. The Morgan fingerprint density at radius 2 is 1.76 bits per heavy atom. The van der Waals surface area contributed by atoms with Gasteiger partial charge in [0.25, 0.3) is 15.9 Å². The van der Waals surface area contributed by atoms with Crippen LogP contribution in [0.1, 0.15) is 25.3 Å². The third kappa shape index (κ3) is 5.77. The van der Waals surface area contributed by atoms with Gasteiger partial charge in [-0.3, -0.25) is 14.2 Å². The number of nitrogens with one attached hydrogen (secondary N) is 1. The third-order valence-electron chi connectivity index (χ3n) is 8.25. The average Bonchev–Trinajstić information content (AvgIpc) is 3.75. The minimum absolute atomic E-state index is 0.0998. The van der Waals surface area contributed by atoms with E-state index < -0.39 is 33.4 Å². The van der Waals surface area contributed by atoms with E-state index in [0.29, 0.717) is 35.2 Å². The molecule has 2 unspecified atom stereocenters. The molecule has 12 nitrogen and oxygen atoms in total. The number of nitrogens with zero attached hydrogens (tertiary/aromatic N) is 6. The summed E-state index contributed by atoms with van der Waals surface area (Å²) >= 11 is 12.6. The smallest absolute Gasteiger partial charge is 0.261 e. The molecule has 0 aliphatic carbocycles. The average molecular weight is 685 g/mol. The predicted molar refractivity (Wildman–Crippen MR) is 172 cm³/mol. The van der Waals surface area contributed by atoms with Gasteiger partial charge in [0, 0.05) is 54.6 Å². The third-order valence-corrected chi connectivity index (χ3v) is 10.6. The Hall–Kier alpha value is -3.88. The normalized spacial score (nSPS) is 19.9. The van der Waals surface area contributed by atoms with Gasteiger partial charge < -0.3 is 10.1 Å². The van der Waals surface area contributed by atoms with Crippen molar-refractivity contribution < 1.29 is 22.7 Å². The molecule has 0 bridgehead atoms. The van der Waals surface area contributed by atoms with E-state index in [2.05, 4.69) is 20.3 Å². The Balaban J connectivity index is 1.42. The lowest BCUT2D eigenvalue weighted by atomic mass is 9.91. The largest absolute Gasteiger partial charge is 0.383 e. The first-order valence-electron chi connectivity index (χ1n) is 14.6. The molecule has 1 fully saturated rings. The minimum Gasteiger partial charge on any atom is -0.383 e. The van der Waals surface area contributed by atoms with Crippen molar-refractivity contribution in [3.8, 4) is 11.1 Å². The number of imidazole rings is 1. The molecule has 240 valence electrons. The highest BCUT2D eigenvalue weighted by molar-refractivity contribution is 7.89. The van der Waals surface area contributed by atoms with E-state index in [-0.39, 0.29) is 30.5 Å². The zero-order valence-electron chi connectivity index (χ0n) is 25.1. The lowest BCUT2D eigenvalue weighted by Gasteiger charge is -2.29. The number of methoxy groups -OCH3 is 1. The summed E-state index contributed by atoms with van der Waals surface area (Å²) < 4.78 is 36.4. The Bertz CT molecular complexity index is 1870. The van der Waals surface area contributed by atoms with E-state index in [9.17, 15) is 18.0 Å². The molecule has 46 heavy (non-hydrogen) atoms. The summed E-state index contributed by atoms with van der Waals surface area (Å²) in [5.41, 5.74) is 1.41. The van der Waals surface area contributed by atoms with Crippen molar-refractivity contribution in [1.29, 1.82) is 0 Å². The first kappa shape index (κ1) is 32.1. The van der Waals surface area contributed by atoms with Gasteiger partial charge in [-0.1, -0.05) is 47.5 Å². The van der Waals surface area contributed by atoms with E-state index in [0.717, 1.165) is 16.7 Å². The molecule has 0 spiro atoms. The highest BCUT2D eigenvalue weighted by Gasteiger charge is 2.53. The van der Waals surface area contributed by atoms with Gasteiger partial charge in [-0.15, -0.1) is 0 Å². The highest BCUT2D eigenvalue weighted by Crippen LogP contribution is 2.45. The summed E-state index contributed by atoms with van der Waals surface area (Å²) in [6.45, 7) is 2.38. The molecule has 4 heterocycles. The quantitative estimate of drug-likeness (QED) is 0.246. The summed E-state index contributed by atoms with van der Waals surface area (Å²) in [6, 6.07) is 11.3. The molecule has 6 rings (SSSR count). The Kier molecular flexibility index (Phi) is 8.87. The number of ether oxygens (including phenoxy) is 1. The lowest BCUT2D eigenvalue weighted by molar-refractivity contribution is -0.125. The summed E-state index contributed by atoms with van der Waals surface area (Å²) in [7, 11) is -2.78. The number of amides is 2. The first-order chi connectivity index (χ1) is 22.0. The van der Waals surface area contributed by atoms with Gasteiger partial charge >= 0.3 is 0 Å². The van der Waals surface area contributed by atoms with Crippen LogP contribution in [-0.4, -0.2) is 76.9 Å². The summed E-state index contributed by atoms with van der Waals surface area (Å²) in [5.74, 6) is -0.721. The van der Waals surface area contributed by atoms with E-state index in [1.165, 1.54) is 33.4 Å². The van der Waals surface area contributed by atoms with Gasteiger partial charge in [0.05, 0.1) is 18.5 Å². The molecule has 2 aromatic heterocycles. The van der Waals surface area contributed by atoms with Crippen molar-refractivity contribution in [1.82, 2.24) is 29.1 Å². The Morgan fingerprint density at radius 1 is 1.07 bits per heavy atom. The van der Waals surface area contributed by atoms with Crippen LogP contribution in [0.15, 0.2) is 72.4 Å². The monoisotopic (exact) mass is 683 g/mol. The predicted octanol–water partition coefficient (Wildman–Crippen LogP) is 4.20. The molecule has 2 aliphatic rings. The molecule has 0 radical (unpaired) electrons. The van der Waals surface area contributed by atoms with Crippen molar-refractivity contribution in [3.63, 3.8) is 0 Å². The van der Waals surface area contributed by atoms with E-state index >= 15 is 0 Å². The molecular formula is C31H31Cl2N7O5S. The van der Waals surface area contributed by atoms with Gasteiger partial charge in [-0.2, -0.15) is 4.31 Å². The SMILES string of the molecule is COCCNC(=O)C1CCCN1S(=O)(=O)c1cnc2n1C(C)(Cc1ccc(-c3cncnc3)cc1)C(=O)N2c1cc(Cl)cc(Cl)c1. The van der Waals surface area contributed by atoms with Crippen molar-refractivity contribution in [2.75, 3.05) is 31.7 Å². The number of aromatic nitrogens is 4. The van der Waals surface area contributed by atoms with Gasteiger partial charge in [-0.05, 0) is 49.1 Å². The van der Waals surface area contributed by atoms with Crippen LogP contribution in [0.5, 0.6) is 0 Å². The highest BCUT2D eigenvalue weighted by atomic mass is 35.5. The van der Waals surface area contributed by atoms with Crippen molar-refractivity contribution in [2.24, 2.45) is 0 Å². The number of benzene rings is 2. The number of carbonyl (C=O) groups is 2. The number of fused-ring (bicyclic) bond motifs is 1. The van der Waals surface area contributed by atoms with Crippen LogP contribution < -0.4 is 10.2 Å². The zero-order valence-corrected chi connectivity index (χ0v) is 27.4. The van der Waals surface area contributed by atoms with Crippen LogP contribution in [0.25, 0.3) is 11.1 Å². The van der Waals surface area contributed by atoms with Crippen molar-refractivity contribution in [2.45, 2.75) is 42.8 Å². The first-order valence-corrected chi connectivity index (χ1v) is 16.8. The zero-order chi connectivity index (χ0) is 32.6. The Morgan fingerprint density at radius 3 is 2.43 bits per heavy atom. The fraction of sp³-hybridized carbons (Fsp3) is 0.323. The summed E-state index contributed by atoms with van der Waals surface area (Å²) in [5, 5.41) is 3.16. The lowest BCUT2D eigenvalue weighted by Crippen LogP contribution is -2.48. The molecule has 1 saturated heterocycles. The topological polar surface area (TPSA) is 140 Å². The van der Waals surface area contributed by atoms with Crippen LogP contribution in [0.2, 0.25) is 10.0 Å². The van der Waals surface area contributed by atoms with Gasteiger partial charge in [0.2, 0.25) is 11.9 Å². The van der Waals surface area contributed by atoms with Crippen LogP contribution in [0, 0.1) is 0 Å². The van der Waals surface area contributed by atoms with Gasteiger partial charge in [0.1, 0.15) is 17.9 Å². The summed E-state index contributed by atoms with van der Waals surface area (Å²) in [4.78, 5) is 41.5. The minimum atomic E-state index is -4.30. The van der Waals surface area contributed by atoms with Gasteiger partial charge in [-0.25, -0.2) is 28.3 Å². The van der Waals surface area contributed by atoms with Crippen molar-refractivity contribution in [3.05, 3.63) is 83.0 Å². The van der Waals surface area contributed by atoms with Gasteiger partial charge in [0.15, 0.2) is 5.03 Å². The molecule has 2 atom stereocenters. The van der Waals surface area contributed by atoms with Crippen LogP contribution in [-0.2, 0) is 36.3 Å². The maximum atomic E-state index is 14.5. The molecule has 1 N–H and O–H groups in total. The molecular weight excluding hydrogens is 653 g/mol. The Labute approximate surface area is 276 Å². The van der Waals surface area contributed by atoms with E-state index in [4.69, 9.17) is 27.9 Å². The van der Waals surface area contributed by atoms with E-state index in [1.54, 1.807) is 37.5 Å². The molecule has 0 saturated carbocycles. The van der Waals surface area contributed by atoms with Crippen molar-refractivity contribution >= 4 is 56.7 Å². The molecule has 15 heteroatoms. The number of halogens is 2. The molecule has 2 aliphatic heterocycles. The molecule has 4 aromatic rings. The maximum Gasteiger partial charge on any atom is 0.261 e. The van der Waals surface area contributed by atoms with Crippen LogP contribution in [0.4, 0.5) is 11.6 Å². The fourth-order valence-corrected chi connectivity index (χ4v) is 8.44. The maximum absolute atomic E-state index is 14.5. The second-order valence-electron chi connectivity index (χ2n) is 11.3. The number of sulfonamides is 1.